The maximum absolute atomic E-state index is 6.13. The third-order valence-corrected chi connectivity index (χ3v) is 4.43. The molecule has 84 valence electrons. The maximum atomic E-state index is 6.13. The Bertz CT molecular complexity index is 193. The fourth-order valence-electron chi connectivity index (χ4n) is 0.820. The summed E-state index contributed by atoms with van der Waals surface area (Å²) in [5.74, 6) is 0. The zero-order chi connectivity index (χ0) is 11.6. The number of rotatable bonds is 5. The fraction of sp³-hybridized carbons (Fsp3) is 0.800. The maximum Gasteiger partial charge on any atom is 0.0758 e. The zero-order valence-electron chi connectivity index (χ0n) is 8.66. The molecule has 0 aliphatic rings. The van der Waals surface area contributed by atoms with Gasteiger partial charge in [0.25, 0.3) is 0 Å². The van der Waals surface area contributed by atoms with Crippen LogP contribution < -0.4 is 0 Å². The van der Waals surface area contributed by atoms with Gasteiger partial charge >= 0.3 is 0 Å². The van der Waals surface area contributed by atoms with E-state index in [1.807, 2.05) is 20.8 Å². The summed E-state index contributed by atoms with van der Waals surface area (Å²) >= 11 is 24.4. The van der Waals surface area contributed by atoms with Crippen molar-refractivity contribution in [3.63, 3.8) is 0 Å². The van der Waals surface area contributed by atoms with E-state index in [0.29, 0.717) is 6.42 Å². The van der Waals surface area contributed by atoms with Crippen LogP contribution in [-0.4, -0.2) is 20.5 Å². The minimum atomic E-state index is -0.642. The first kappa shape index (κ1) is 14.9. The molecule has 0 aromatic rings. The standard InChI is InChI=1S/C10H16Cl4/c1-5-10(4,14)8(12)6-7(11)9(2,3)13/h5,7-8H,1,6H2,2-4H3/t7?,8-,10+/m0/s1. The summed E-state index contributed by atoms with van der Waals surface area (Å²) in [6.07, 6.45) is 2.17. The third-order valence-electron chi connectivity index (χ3n) is 2.17. The Balaban J connectivity index is 4.33. The van der Waals surface area contributed by atoms with Crippen molar-refractivity contribution in [1.29, 1.82) is 0 Å². The van der Waals surface area contributed by atoms with Crippen molar-refractivity contribution in [2.24, 2.45) is 0 Å². The Kier molecular flexibility index (Phi) is 5.64. The van der Waals surface area contributed by atoms with Gasteiger partial charge in [-0.15, -0.1) is 53.0 Å². The molecule has 0 nitrogen and oxygen atoms in total. The van der Waals surface area contributed by atoms with Gasteiger partial charge in [-0.3, -0.25) is 0 Å². The second kappa shape index (κ2) is 5.30. The Hall–Kier alpha value is 0.900. The van der Waals surface area contributed by atoms with Crippen LogP contribution in [0, 0.1) is 0 Å². The predicted octanol–water partition coefficient (Wildman–Crippen LogP) is 4.79. The molecule has 0 spiro atoms. The van der Waals surface area contributed by atoms with Crippen LogP contribution in [0.3, 0.4) is 0 Å². The first-order valence-corrected chi connectivity index (χ1v) is 6.03. The molecule has 4 heteroatoms. The van der Waals surface area contributed by atoms with Gasteiger partial charge in [-0.05, 0) is 27.2 Å². The number of hydrogen-bond donors (Lipinski definition) is 0. The normalized spacial score (nSPS) is 21.1. The van der Waals surface area contributed by atoms with Crippen LogP contribution in [0.15, 0.2) is 12.7 Å². The molecule has 0 saturated heterocycles. The molecule has 3 atom stereocenters. The summed E-state index contributed by atoms with van der Waals surface area (Å²) < 4.78 is 0. The number of allylic oxidation sites excluding steroid dienone is 1. The summed E-state index contributed by atoms with van der Waals surface area (Å²) in [5, 5.41) is -0.494. The SMILES string of the molecule is C=C[C@@](C)(Cl)[C@@H](Cl)CC(Cl)C(C)(C)Cl. The van der Waals surface area contributed by atoms with Crippen LogP contribution in [0.4, 0.5) is 0 Å². The van der Waals surface area contributed by atoms with Gasteiger partial charge in [0.2, 0.25) is 0 Å². The van der Waals surface area contributed by atoms with Crippen molar-refractivity contribution in [3.8, 4) is 0 Å². The van der Waals surface area contributed by atoms with Crippen molar-refractivity contribution >= 4 is 46.4 Å². The molecule has 14 heavy (non-hydrogen) atoms. The van der Waals surface area contributed by atoms with Crippen molar-refractivity contribution in [3.05, 3.63) is 12.7 Å². The molecule has 0 bridgehead atoms. The number of alkyl halides is 4. The van der Waals surface area contributed by atoms with Gasteiger partial charge in [0, 0.05) is 0 Å². The van der Waals surface area contributed by atoms with Gasteiger partial charge in [0.05, 0.1) is 20.5 Å². The summed E-state index contributed by atoms with van der Waals surface area (Å²) in [4.78, 5) is -1.13. The van der Waals surface area contributed by atoms with Crippen LogP contribution in [0.25, 0.3) is 0 Å². The average molecular weight is 278 g/mol. The van der Waals surface area contributed by atoms with Crippen molar-refractivity contribution in [2.45, 2.75) is 47.7 Å². The summed E-state index contributed by atoms with van der Waals surface area (Å²) in [7, 11) is 0. The van der Waals surface area contributed by atoms with E-state index in [-0.39, 0.29) is 10.8 Å². The van der Waals surface area contributed by atoms with E-state index in [1.54, 1.807) is 6.08 Å². The van der Waals surface area contributed by atoms with Crippen LogP contribution in [0.5, 0.6) is 0 Å². The van der Waals surface area contributed by atoms with Gasteiger partial charge in [-0.25, -0.2) is 0 Å². The highest BCUT2D eigenvalue weighted by Gasteiger charge is 2.34. The van der Waals surface area contributed by atoms with Crippen LogP contribution in [0.1, 0.15) is 27.2 Å². The quantitative estimate of drug-likeness (QED) is 0.501. The predicted molar refractivity (Wildman–Crippen MR) is 68.3 cm³/mol. The minimum absolute atomic E-state index is 0.218. The number of halogens is 4. The molecule has 0 aromatic carbocycles. The topological polar surface area (TPSA) is 0 Å². The molecule has 0 aliphatic carbocycles. The Morgan fingerprint density at radius 1 is 1.14 bits per heavy atom. The molecule has 0 radical (unpaired) electrons. The lowest BCUT2D eigenvalue weighted by Gasteiger charge is -2.29. The van der Waals surface area contributed by atoms with Crippen molar-refractivity contribution in [2.75, 3.05) is 0 Å². The molecule has 0 heterocycles. The molecule has 0 rings (SSSR count). The highest BCUT2D eigenvalue weighted by atomic mass is 35.5. The van der Waals surface area contributed by atoms with Gasteiger partial charge in [-0.1, -0.05) is 6.08 Å². The van der Waals surface area contributed by atoms with Crippen LogP contribution >= 0.6 is 46.4 Å². The second-order valence-corrected chi connectivity index (χ2v) is 6.93. The van der Waals surface area contributed by atoms with Gasteiger partial charge < -0.3 is 0 Å². The van der Waals surface area contributed by atoms with E-state index >= 15 is 0 Å². The van der Waals surface area contributed by atoms with E-state index in [2.05, 4.69) is 6.58 Å². The fourth-order valence-corrected chi connectivity index (χ4v) is 1.54. The van der Waals surface area contributed by atoms with Gasteiger partial charge in [0.15, 0.2) is 0 Å². The van der Waals surface area contributed by atoms with E-state index in [0.717, 1.165) is 0 Å². The first-order chi connectivity index (χ1) is 6.11. The summed E-state index contributed by atoms with van der Waals surface area (Å²) in [5.41, 5.74) is 0. The lowest BCUT2D eigenvalue weighted by molar-refractivity contribution is 0.552. The lowest BCUT2D eigenvalue weighted by Crippen LogP contribution is -2.34. The monoisotopic (exact) mass is 276 g/mol. The molecule has 1 unspecified atom stereocenters. The zero-order valence-corrected chi connectivity index (χ0v) is 11.7. The molecule has 0 aromatic heterocycles. The van der Waals surface area contributed by atoms with E-state index in [4.69, 9.17) is 46.4 Å². The third kappa shape index (κ3) is 4.61. The van der Waals surface area contributed by atoms with Crippen LogP contribution in [-0.2, 0) is 0 Å². The highest BCUT2D eigenvalue weighted by Crippen LogP contribution is 2.34. The van der Waals surface area contributed by atoms with E-state index in [1.165, 1.54) is 0 Å². The molecule has 0 fully saturated rings. The summed E-state index contributed by atoms with van der Waals surface area (Å²) in [6, 6.07) is 0. The van der Waals surface area contributed by atoms with Crippen LogP contribution in [0.2, 0.25) is 0 Å². The van der Waals surface area contributed by atoms with Crippen molar-refractivity contribution in [1.82, 2.24) is 0 Å². The van der Waals surface area contributed by atoms with E-state index < -0.39 is 9.75 Å². The largest absolute Gasteiger partial charge is 0.121 e. The van der Waals surface area contributed by atoms with Gasteiger partial charge in [0.1, 0.15) is 0 Å². The Labute approximate surface area is 107 Å². The Morgan fingerprint density at radius 2 is 1.57 bits per heavy atom. The summed E-state index contributed by atoms with van der Waals surface area (Å²) in [6.45, 7) is 9.15. The molecule has 0 saturated carbocycles. The first-order valence-electron chi connectivity index (χ1n) is 4.41. The highest BCUT2D eigenvalue weighted by molar-refractivity contribution is 6.35. The van der Waals surface area contributed by atoms with E-state index in [9.17, 15) is 0 Å². The Morgan fingerprint density at radius 3 is 1.86 bits per heavy atom. The minimum Gasteiger partial charge on any atom is -0.121 e. The second-order valence-electron chi connectivity index (χ2n) is 4.09. The van der Waals surface area contributed by atoms with Gasteiger partial charge in [-0.2, -0.15) is 0 Å². The van der Waals surface area contributed by atoms with Crippen molar-refractivity contribution < 1.29 is 0 Å². The lowest BCUT2D eigenvalue weighted by atomic mass is 9.97. The molecular formula is C10H16Cl4. The smallest absolute Gasteiger partial charge is 0.0758 e. The molecule has 0 amide bonds. The molecule has 0 aliphatic heterocycles. The molecule has 0 N–H and O–H groups in total. The number of hydrogen-bond acceptors (Lipinski definition) is 0. The average Bonchev–Trinajstić information content (AvgIpc) is 2.02. The molecular weight excluding hydrogens is 262 g/mol.